The summed E-state index contributed by atoms with van der Waals surface area (Å²) in [5.74, 6) is 0.797. The van der Waals surface area contributed by atoms with Crippen molar-refractivity contribution in [1.82, 2.24) is 9.88 Å². The molecule has 1 fully saturated rings. The number of carbonyl (C=O) groups is 1. The summed E-state index contributed by atoms with van der Waals surface area (Å²) >= 11 is 0. The molecule has 1 aliphatic heterocycles. The number of hydrogen-bond acceptors (Lipinski definition) is 4. The fraction of sp³-hybridized carbons (Fsp3) is 0.571. The maximum absolute atomic E-state index is 11.8. The molecule has 0 aromatic carbocycles. The van der Waals surface area contributed by atoms with Crippen LogP contribution >= 0.6 is 0 Å². The highest BCUT2D eigenvalue weighted by atomic mass is 16.3. The molecule has 0 bridgehead atoms. The zero-order valence-electron chi connectivity index (χ0n) is 11.5. The average molecular weight is 263 g/mol. The number of piperidine rings is 1. The lowest BCUT2D eigenvalue weighted by Gasteiger charge is -2.35. The first-order valence-electron chi connectivity index (χ1n) is 6.68. The third kappa shape index (κ3) is 3.04. The first-order valence-corrected chi connectivity index (χ1v) is 6.68. The first-order chi connectivity index (χ1) is 9.13. The Labute approximate surface area is 113 Å². The first kappa shape index (κ1) is 13.8. The minimum Gasteiger partial charge on any atom is -0.394 e. The van der Waals surface area contributed by atoms with E-state index in [0.717, 1.165) is 31.6 Å². The molecular weight excluding hydrogens is 242 g/mol. The SMILES string of the molecule is CN(C)C(=O)c1ccc(N2CCCCC2CO)nc1. The van der Waals surface area contributed by atoms with Gasteiger partial charge in [-0.2, -0.15) is 0 Å². The van der Waals surface area contributed by atoms with Gasteiger partial charge in [0.1, 0.15) is 5.82 Å². The number of nitrogens with zero attached hydrogens (tertiary/aromatic N) is 3. The van der Waals surface area contributed by atoms with Gasteiger partial charge in [0.25, 0.3) is 5.91 Å². The Hall–Kier alpha value is -1.62. The molecule has 0 aliphatic carbocycles. The van der Waals surface area contributed by atoms with E-state index in [2.05, 4.69) is 9.88 Å². The Morgan fingerprint density at radius 3 is 2.84 bits per heavy atom. The summed E-state index contributed by atoms with van der Waals surface area (Å²) in [7, 11) is 3.45. The van der Waals surface area contributed by atoms with Gasteiger partial charge in [-0.3, -0.25) is 4.79 Å². The monoisotopic (exact) mass is 263 g/mol. The van der Waals surface area contributed by atoms with E-state index in [1.807, 2.05) is 6.07 Å². The van der Waals surface area contributed by atoms with Crippen molar-refractivity contribution in [3.63, 3.8) is 0 Å². The zero-order chi connectivity index (χ0) is 13.8. The number of amides is 1. The predicted octanol–water partition coefficient (Wildman–Crippen LogP) is 1.13. The van der Waals surface area contributed by atoms with Crippen LogP contribution < -0.4 is 4.90 Å². The Balaban J connectivity index is 2.15. The van der Waals surface area contributed by atoms with Crippen molar-refractivity contribution in [1.29, 1.82) is 0 Å². The molecule has 1 saturated heterocycles. The van der Waals surface area contributed by atoms with Gasteiger partial charge in [0.2, 0.25) is 0 Å². The van der Waals surface area contributed by atoms with Crippen LogP contribution in [0.25, 0.3) is 0 Å². The molecule has 0 saturated carbocycles. The van der Waals surface area contributed by atoms with Crippen molar-refractivity contribution >= 4 is 11.7 Å². The van der Waals surface area contributed by atoms with E-state index in [0.29, 0.717) is 5.56 Å². The van der Waals surface area contributed by atoms with Crippen molar-refractivity contribution in [3.05, 3.63) is 23.9 Å². The molecule has 1 aromatic heterocycles. The standard InChI is InChI=1S/C14H21N3O2/c1-16(2)14(19)11-6-7-13(15-9-11)17-8-4-3-5-12(17)10-18/h6-7,9,12,18H,3-5,8,10H2,1-2H3. The lowest BCUT2D eigenvalue weighted by molar-refractivity contribution is 0.0827. The molecule has 1 unspecified atom stereocenters. The van der Waals surface area contributed by atoms with E-state index >= 15 is 0 Å². The number of aromatic nitrogens is 1. The second-order valence-corrected chi connectivity index (χ2v) is 5.13. The molecule has 2 heterocycles. The molecule has 1 aromatic rings. The van der Waals surface area contributed by atoms with Crippen LogP contribution in [-0.2, 0) is 0 Å². The van der Waals surface area contributed by atoms with E-state index in [1.165, 1.54) is 4.90 Å². The summed E-state index contributed by atoms with van der Waals surface area (Å²) in [6, 6.07) is 3.81. The average Bonchev–Trinajstić information content (AvgIpc) is 2.46. The molecular formula is C14H21N3O2. The quantitative estimate of drug-likeness (QED) is 0.888. The lowest BCUT2D eigenvalue weighted by atomic mass is 10.0. The van der Waals surface area contributed by atoms with Crippen LogP contribution in [0.2, 0.25) is 0 Å². The Kier molecular flexibility index (Phi) is 4.37. The molecule has 0 spiro atoms. The molecule has 5 heteroatoms. The van der Waals surface area contributed by atoms with Gasteiger partial charge in [0.15, 0.2) is 0 Å². The molecule has 104 valence electrons. The third-order valence-electron chi connectivity index (χ3n) is 3.53. The van der Waals surface area contributed by atoms with Crippen LogP contribution in [0.1, 0.15) is 29.6 Å². The fourth-order valence-corrected chi connectivity index (χ4v) is 2.43. The highest BCUT2D eigenvalue weighted by Crippen LogP contribution is 2.23. The summed E-state index contributed by atoms with van der Waals surface area (Å²) in [6.07, 6.45) is 4.88. The normalized spacial score (nSPS) is 19.3. The van der Waals surface area contributed by atoms with Gasteiger partial charge in [-0.25, -0.2) is 4.98 Å². The van der Waals surface area contributed by atoms with E-state index in [-0.39, 0.29) is 18.6 Å². The van der Waals surface area contributed by atoms with Crippen LogP contribution in [0.4, 0.5) is 5.82 Å². The van der Waals surface area contributed by atoms with Crippen LogP contribution in [0.15, 0.2) is 18.3 Å². The third-order valence-corrected chi connectivity index (χ3v) is 3.53. The highest BCUT2D eigenvalue weighted by Gasteiger charge is 2.22. The molecule has 1 N–H and O–H groups in total. The number of pyridine rings is 1. The summed E-state index contributed by atoms with van der Waals surface area (Å²) in [5.41, 5.74) is 0.589. The maximum Gasteiger partial charge on any atom is 0.254 e. The molecule has 1 atom stereocenters. The Morgan fingerprint density at radius 2 is 2.26 bits per heavy atom. The van der Waals surface area contributed by atoms with Crippen molar-refractivity contribution < 1.29 is 9.90 Å². The van der Waals surface area contributed by atoms with Gasteiger partial charge in [0.05, 0.1) is 18.2 Å². The van der Waals surface area contributed by atoms with Crippen molar-refractivity contribution in [2.24, 2.45) is 0 Å². The van der Waals surface area contributed by atoms with Gasteiger partial charge >= 0.3 is 0 Å². The maximum atomic E-state index is 11.8. The largest absolute Gasteiger partial charge is 0.394 e. The summed E-state index contributed by atoms with van der Waals surface area (Å²) in [6.45, 7) is 1.07. The predicted molar refractivity (Wildman–Crippen MR) is 74.3 cm³/mol. The summed E-state index contributed by atoms with van der Waals surface area (Å²) in [5, 5.41) is 9.41. The van der Waals surface area contributed by atoms with Crippen LogP contribution in [0.3, 0.4) is 0 Å². The number of carbonyl (C=O) groups excluding carboxylic acids is 1. The smallest absolute Gasteiger partial charge is 0.254 e. The van der Waals surface area contributed by atoms with Gasteiger partial charge in [-0.15, -0.1) is 0 Å². The molecule has 5 nitrogen and oxygen atoms in total. The topological polar surface area (TPSA) is 56.7 Å². The van der Waals surface area contributed by atoms with E-state index in [4.69, 9.17) is 0 Å². The van der Waals surface area contributed by atoms with E-state index in [1.54, 1.807) is 26.4 Å². The van der Waals surface area contributed by atoms with Gasteiger partial charge in [-0.05, 0) is 31.4 Å². The van der Waals surface area contributed by atoms with Crippen molar-refractivity contribution in [2.75, 3.05) is 32.1 Å². The molecule has 0 radical (unpaired) electrons. The number of aliphatic hydroxyl groups excluding tert-OH is 1. The Bertz CT molecular complexity index is 431. The van der Waals surface area contributed by atoms with Gasteiger partial charge in [0, 0.05) is 26.8 Å². The van der Waals surface area contributed by atoms with Gasteiger partial charge in [-0.1, -0.05) is 0 Å². The lowest BCUT2D eigenvalue weighted by Crippen LogP contribution is -2.42. The number of anilines is 1. The molecule has 1 aliphatic rings. The van der Waals surface area contributed by atoms with Crippen LogP contribution in [-0.4, -0.2) is 54.2 Å². The van der Waals surface area contributed by atoms with Crippen LogP contribution in [0.5, 0.6) is 0 Å². The number of aliphatic hydroxyl groups is 1. The fourth-order valence-electron chi connectivity index (χ4n) is 2.43. The molecule has 2 rings (SSSR count). The minimum atomic E-state index is -0.0450. The highest BCUT2D eigenvalue weighted by molar-refractivity contribution is 5.93. The van der Waals surface area contributed by atoms with E-state index in [9.17, 15) is 9.90 Å². The molecule has 19 heavy (non-hydrogen) atoms. The zero-order valence-corrected chi connectivity index (χ0v) is 11.5. The summed E-state index contributed by atoms with van der Waals surface area (Å²) in [4.78, 5) is 19.8. The van der Waals surface area contributed by atoms with E-state index < -0.39 is 0 Å². The number of hydrogen-bond donors (Lipinski definition) is 1. The van der Waals surface area contributed by atoms with Crippen LogP contribution in [0, 0.1) is 0 Å². The van der Waals surface area contributed by atoms with Crippen molar-refractivity contribution in [3.8, 4) is 0 Å². The minimum absolute atomic E-state index is 0.0450. The Morgan fingerprint density at radius 1 is 1.47 bits per heavy atom. The second kappa shape index (κ2) is 6.02. The molecule has 1 amide bonds. The van der Waals surface area contributed by atoms with Crippen molar-refractivity contribution in [2.45, 2.75) is 25.3 Å². The number of rotatable bonds is 3. The van der Waals surface area contributed by atoms with Gasteiger partial charge < -0.3 is 14.9 Å². The second-order valence-electron chi connectivity index (χ2n) is 5.13. The summed E-state index contributed by atoms with van der Waals surface area (Å²) < 4.78 is 0.